The second-order valence-corrected chi connectivity index (χ2v) is 5.42. The van der Waals surface area contributed by atoms with Gasteiger partial charge in [0, 0.05) is 5.56 Å². The van der Waals surface area contributed by atoms with E-state index in [1.54, 1.807) is 6.21 Å². The lowest BCUT2D eigenvalue weighted by Crippen LogP contribution is -2.04. The van der Waals surface area contributed by atoms with Crippen molar-refractivity contribution in [3.63, 3.8) is 0 Å². The number of hydrogen-bond acceptors (Lipinski definition) is 8. The zero-order valence-corrected chi connectivity index (χ0v) is 14.1. The summed E-state index contributed by atoms with van der Waals surface area (Å²) in [5.74, 6) is -0.165. The Balaban J connectivity index is 1.88. The molecule has 0 fully saturated rings. The van der Waals surface area contributed by atoms with E-state index in [1.165, 1.54) is 0 Å². The van der Waals surface area contributed by atoms with Crippen molar-refractivity contribution in [3.8, 4) is 5.69 Å². The number of nitrogens with one attached hydrogen (secondary N) is 1. The molecular formula is C16H16N8O2. The maximum absolute atomic E-state index is 11.0. The van der Waals surface area contributed by atoms with E-state index in [-0.39, 0.29) is 17.5 Å². The van der Waals surface area contributed by atoms with Crippen molar-refractivity contribution < 1.29 is 4.92 Å². The van der Waals surface area contributed by atoms with E-state index in [2.05, 4.69) is 25.6 Å². The summed E-state index contributed by atoms with van der Waals surface area (Å²) in [6, 6.07) is 9.69. The number of hydrazone groups is 1. The van der Waals surface area contributed by atoms with Crippen LogP contribution in [0.1, 0.15) is 17.0 Å². The molecule has 0 amide bonds. The summed E-state index contributed by atoms with van der Waals surface area (Å²) < 4.78 is 1.81. The predicted octanol–water partition coefficient (Wildman–Crippen LogP) is 2.22. The zero-order chi connectivity index (χ0) is 18.7. The molecule has 0 bridgehead atoms. The normalized spacial score (nSPS) is 11.0. The van der Waals surface area contributed by atoms with Gasteiger partial charge in [-0.25, -0.2) is 9.67 Å². The maximum Gasteiger partial charge on any atom is 0.331 e. The van der Waals surface area contributed by atoms with Gasteiger partial charge >= 0.3 is 5.69 Å². The smallest absolute Gasteiger partial charge is 0.331 e. The lowest BCUT2D eigenvalue weighted by molar-refractivity contribution is -0.384. The highest BCUT2D eigenvalue weighted by molar-refractivity contribution is 5.83. The van der Waals surface area contributed by atoms with Crippen molar-refractivity contribution in [1.82, 2.24) is 19.7 Å². The van der Waals surface area contributed by atoms with Crippen LogP contribution in [0.2, 0.25) is 0 Å². The monoisotopic (exact) mass is 352 g/mol. The van der Waals surface area contributed by atoms with Crippen LogP contribution in [0.4, 0.5) is 17.5 Å². The van der Waals surface area contributed by atoms with Gasteiger partial charge in [0.2, 0.25) is 11.8 Å². The van der Waals surface area contributed by atoms with Crippen molar-refractivity contribution >= 4 is 23.7 Å². The summed E-state index contributed by atoms with van der Waals surface area (Å²) in [6.07, 6.45) is 2.57. The average Bonchev–Trinajstić information content (AvgIpc) is 2.90. The predicted molar refractivity (Wildman–Crippen MR) is 97.4 cm³/mol. The molecule has 2 heterocycles. The number of aromatic nitrogens is 4. The third-order valence-electron chi connectivity index (χ3n) is 3.70. The molecule has 0 aliphatic rings. The average molecular weight is 352 g/mol. The fourth-order valence-corrected chi connectivity index (χ4v) is 2.43. The minimum atomic E-state index is -0.610. The Bertz CT molecular complexity index is 981. The van der Waals surface area contributed by atoms with Gasteiger partial charge in [0.05, 0.1) is 28.2 Å². The molecule has 3 rings (SSSR count). The standard InChI is InChI=1S/C16H16N8O2/c1-10-13(11(2)23(22-10)12-6-4-3-5-7-12)8-19-21-15-14(24(25)26)9-18-16(17)20-15/h3-9H,1-2H3,(H3,17,18,20,21)/b19-8+. The lowest BCUT2D eigenvalue weighted by atomic mass is 10.2. The maximum atomic E-state index is 11.0. The van der Waals surface area contributed by atoms with Gasteiger partial charge in [-0.15, -0.1) is 0 Å². The number of para-hydroxylation sites is 1. The minimum absolute atomic E-state index is 0.0792. The van der Waals surface area contributed by atoms with Crippen LogP contribution in [-0.4, -0.2) is 30.9 Å². The van der Waals surface area contributed by atoms with Crippen molar-refractivity contribution in [2.24, 2.45) is 5.10 Å². The van der Waals surface area contributed by atoms with Crippen molar-refractivity contribution in [2.75, 3.05) is 11.2 Å². The molecule has 10 nitrogen and oxygen atoms in total. The summed E-state index contributed by atoms with van der Waals surface area (Å²) >= 11 is 0. The van der Waals surface area contributed by atoms with Gasteiger partial charge in [0.15, 0.2) is 0 Å². The number of anilines is 2. The fourth-order valence-electron chi connectivity index (χ4n) is 2.43. The van der Waals surface area contributed by atoms with Crippen LogP contribution in [0.15, 0.2) is 41.6 Å². The summed E-state index contributed by atoms with van der Waals surface area (Å²) in [7, 11) is 0. The summed E-state index contributed by atoms with van der Waals surface area (Å²) in [5, 5.41) is 19.6. The molecule has 2 aromatic heterocycles. The van der Waals surface area contributed by atoms with Gasteiger partial charge < -0.3 is 5.73 Å². The topological polar surface area (TPSA) is 137 Å². The number of nitrogens with two attached hydrogens (primary N) is 1. The second-order valence-electron chi connectivity index (χ2n) is 5.42. The number of nitro groups is 1. The molecule has 0 spiro atoms. The molecule has 0 saturated heterocycles. The van der Waals surface area contributed by atoms with Crippen LogP contribution in [0.5, 0.6) is 0 Å². The quantitative estimate of drug-likeness (QED) is 0.408. The Morgan fingerprint density at radius 2 is 2.04 bits per heavy atom. The third-order valence-corrected chi connectivity index (χ3v) is 3.70. The molecule has 3 N–H and O–H groups in total. The van der Waals surface area contributed by atoms with Crippen molar-refractivity contribution in [1.29, 1.82) is 0 Å². The molecule has 10 heteroatoms. The molecule has 0 unspecified atom stereocenters. The number of nitrogens with zero attached hydrogens (tertiary/aromatic N) is 6. The van der Waals surface area contributed by atoms with Crippen LogP contribution in [-0.2, 0) is 0 Å². The third kappa shape index (κ3) is 3.34. The molecule has 1 aromatic carbocycles. The Labute approximate surface area is 148 Å². The zero-order valence-electron chi connectivity index (χ0n) is 14.1. The van der Waals surface area contributed by atoms with Gasteiger partial charge in [-0.2, -0.15) is 15.2 Å². The largest absolute Gasteiger partial charge is 0.368 e. The Kier molecular flexibility index (Phi) is 4.56. The molecule has 26 heavy (non-hydrogen) atoms. The van der Waals surface area contributed by atoms with Crippen LogP contribution >= 0.6 is 0 Å². The van der Waals surface area contributed by atoms with E-state index in [9.17, 15) is 10.1 Å². The number of nitrogen functional groups attached to an aromatic ring is 1. The summed E-state index contributed by atoms with van der Waals surface area (Å²) in [5.41, 5.74) is 11.1. The first-order valence-corrected chi connectivity index (χ1v) is 7.65. The van der Waals surface area contributed by atoms with Gasteiger partial charge in [-0.3, -0.25) is 15.5 Å². The molecule has 0 aliphatic carbocycles. The van der Waals surface area contributed by atoms with Crippen LogP contribution in [0, 0.1) is 24.0 Å². The van der Waals surface area contributed by atoms with E-state index in [0.29, 0.717) is 0 Å². The summed E-state index contributed by atoms with van der Waals surface area (Å²) in [4.78, 5) is 17.8. The molecule has 0 radical (unpaired) electrons. The fraction of sp³-hybridized carbons (Fsp3) is 0.125. The Morgan fingerprint density at radius 1 is 1.31 bits per heavy atom. The first kappa shape index (κ1) is 17.0. The van der Waals surface area contributed by atoms with Gasteiger partial charge in [-0.05, 0) is 26.0 Å². The van der Waals surface area contributed by atoms with Crippen LogP contribution in [0.3, 0.4) is 0 Å². The second kappa shape index (κ2) is 6.97. The highest BCUT2D eigenvalue weighted by Gasteiger charge is 2.16. The van der Waals surface area contributed by atoms with Crippen molar-refractivity contribution in [2.45, 2.75) is 13.8 Å². The van der Waals surface area contributed by atoms with E-state index in [4.69, 9.17) is 5.73 Å². The number of benzene rings is 1. The minimum Gasteiger partial charge on any atom is -0.368 e. The molecule has 3 aromatic rings. The van der Waals surface area contributed by atoms with Gasteiger partial charge in [0.1, 0.15) is 6.20 Å². The lowest BCUT2D eigenvalue weighted by Gasteiger charge is -2.03. The highest BCUT2D eigenvalue weighted by atomic mass is 16.6. The van der Waals surface area contributed by atoms with Crippen LogP contribution < -0.4 is 11.2 Å². The van der Waals surface area contributed by atoms with E-state index in [1.807, 2.05) is 48.9 Å². The van der Waals surface area contributed by atoms with E-state index >= 15 is 0 Å². The first-order chi connectivity index (χ1) is 12.5. The first-order valence-electron chi connectivity index (χ1n) is 7.65. The number of aryl methyl sites for hydroxylation is 1. The molecule has 0 saturated carbocycles. The highest BCUT2D eigenvalue weighted by Crippen LogP contribution is 2.21. The number of hydrogen-bond donors (Lipinski definition) is 2. The van der Waals surface area contributed by atoms with Crippen molar-refractivity contribution in [3.05, 3.63) is 63.6 Å². The van der Waals surface area contributed by atoms with Gasteiger partial charge in [-0.1, -0.05) is 18.2 Å². The van der Waals surface area contributed by atoms with E-state index < -0.39 is 4.92 Å². The summed E-state index contributed by atoms with van der Waals surface area (Å²) in [6.45, 7) is 3.78. The SMILES string of the molecule is Cc1nn(-c2ccccc2)c(C)c1/C=N/Nc1nc(N)ncc1[N+](=O)[O-]. The van der Waals surface area contributed by atoms with Crippen LogP contribution in [0.25, 0.3) is 5.69 Å². The molecule has 0 atom stereocenters. The number of rotatable bonds is 5. The Hall–Kier alpha value is -3.82. The molecule has 0 aliphatic heterocycles. The molecular weight excluding hydrogens is 336 g/mol. The van der Waals surface area contributed by atoms with E-state index in [0.717, 1.165) is 28.8 Å². The Morgan fingerprint density at radius 3 is 2.73 bits per heavy atom. The molecule has 132 valence electrons. The van der Waals surface area contributed by atoms with Gasteiger partial charge in [0.25, 0.3) is 0 Å².